The van der Waals surface area contributed by atoms with Gasteiger partial charge in [-0.2, -0.15) is 4.98 Å². The summed E-state index contributed by atoms with van der Waals surface area (Å²) in [6, 6.07) is 2.17. The zero-order valence-electron chi connectivity index (χ0n) is 13.7. The molecule has 0 spiro atoms. The van der Waals surface area contributed by atoms with Crippen LogP contribution in [0.1, 0.15) is 39.0 Å². The minimum atomic E-state index is 0.613. The van der Waals surface area contributed by atoms with Crippen molar-refractivity contribution in [2.24, 2.45) is 11.8 Å². The maximum absolute atomic E-state index is 4.66. The molecule has 2 N–H and O–H groups in total. The van der Waals surface area contributed by atoms with Crippen molar-refractivity contribution in [1.29, 1.82) is 0 Å². The molecule has 116 valence electrons. The summed E-state index contributed by atoms with van der Waals surface area (Å²) in [5.74, 6) is 2.96. The van der Waals surface area contributed by atoms with Crippen LogP contribution < -0.4 is 10.6 Å². The molecule has 1 unspecified atom stereocenters. The van der Waals surface area contributed by atoms with Crippen LogP contribution in [0.25, 0.3) is 10.2 Å². The predicted molar refractivity (Wildman–Crippen MR) is 93.4 cm³/mol. The van der Waals surface area contributed by atoms with Gasteiger partial charge < -0.3 is 10.6 Å². The molecule has 4 nitrogen and oxygen atoms in total. The number of hydrogen-bond donors (Lipinski definition) is 2. The highest BCUT2D eigenvalue weighted by Crippen LogP contribution is 2.29. The van der Waals surface area contributed by atoms with E-state index in [-0.39, 0.29) is 0 Å². The van der Waals surface area contributed by atoms with E-state index in [9.17, 15) is 0 Å². The molecule has 0 fully saturated rings. The van der Waals surface area contributed by atoms with Gasteiger partial charge >= 0.3 is 0 Å². The van der Waals surface area contributed by atoms with Crippen molar-refractivity contribution in [2.75, 3.05) is 23.7 Å². The number of nitrogens with one attached hydrogen (secondary N) is 2. The lowest BCUT2D eigenvalue weighted by Gasteiger charge is -2.17. The van der Waals surface area contributed by atoms with Gasteiger partial charge in [-0.15, -0.1) is 11.3 Å². The zero-order chi connectivity index (χ0) is 15.4. The van der Waals surface area contributed by atoms with Gasteiger partial charge in [-0.3, -0.25) is 0 Å². The van der Waals surface area contributed by atoms with Gasteiger partial charge in [0.05, 0.1) is 5.39 Å². The Labute approximate surface area is 131 Å². The number of aryl methyl sites for hydroxylation is 1. The Morgan fingerprint density at radius 3 is 2.62 bits per heavy atom. The summed E-state index contributed by atoms with van der Waals surface area (Å²) < 4.78 is 0. The number of rotatable bonds is 7. The molecule has 0 saturated carbocycles. The summed E-state index contributed by atoms with van der Waals surface area (Å²) in [7, 11) is 0. The summed E-state index contributed by atoms with van der Waals surface area (Å²) in [5, 5.41) is 7.94. The smallest absolute Gasteiger partial charge is 0.226 e. The van der Waals surface area contributed by atoms with Crippen LogP contribution in [0.15, 0.2) is 6.07 Å². The molecule has 2 rings (SSSR count). The van der Waals surface area contributed by atoms with Gasteiger partial charge in [0.1, 0.15) is 10.6 Å². The number of nitrogens with zero attached hydrogens (tertiary/aromatic N) is 2. The minimum Gasteiger partial charge on any atom is -0.369 e. The summed E-state index contributed by atoms with van der Waals surface area (Å²) in [5.41, 5.74) is 0. The molecular weight excluding hydrogens is 280 g/mol. The Hall–Kier alpha value is -1.36. The number of fused-ring (bicyclic) bond motifs is 1. The quantitative estimate of drug-likeness (QED) is 0.789. The Bertz CT molecular complexity index is 591. The van der Waals surface area contributed by atoms with Crippen LogP contribution in [-0.4, -0.2) is 23.1 Å². The van der Waals surface area contributed by atoms with Crippen molar-refractivity contribution in [1.82, 2.24) is 9.97 Å². The van der Waals surface area contributed by atoms with Crippen molar-refractivity contribution in [3.63, 3.8) is 0 Å². The third-order valence-corrected chi connectivity index (χ3v) is 4.72. The molecule has 5 heteroatoms. The van der Waals surface area contributed by atoms with Gasteiger partial charge in [0, 0.05) is 18.0 Å². The van der Waals surface area contributed by atoms with E-state index in [0.29, 0.717) is 11.8 Å². The van der Waals surface area contributed by atoms with E-state index in [1.807, 2.05) is 0 Å². The lowest BCUT2D eigenvalue weighted by molar-refractivity contribution is 0.439. The van der Waals surface area contributed by atoms with E-state index in [1.165, 1.54) is 4.88 Å². The van der Waals surface area contributed by atoms with Gasteiger partial charge in [0.15, 0.2) is 0 Å². The first-order valence-electron chi connectivity index (χ1n) is 7.77. The van der Waals surface area contributed by atoms with Crippen LogP contribution in [0.3, 0.4) is 0 Å². The largest absolute Gasteiger partial charge is 0.369 e. The normalized spacial score (nSPS) is 12.9. The highest BCUT2D eigenvalue weighted by Gasteiger charge is 2.12. The highest BCUT2D eigenvalue weighted by molar-refractivity contribution is 7.18. The number of hydrogen-bond acceptors (Lipinski definition) is 5. The molecule has 0 aromatic carbocycles. The van der Waals surface area contributed by atoms with Crippen LogP contribution >= 0.6 is 11.3 Å². The van der Waals surface area contributed by atoms with E-state index in [2.05, 4.69) is 61.3 Å². The number of anilines is 2. The van der Waals surface area contributed by atoms with Gasteiger partial charge in [0.2, 0.25) is 5.95 Å². The Kier molecular flexibility index (Phi) is 5.39. The second-order valence-electron chi connectivity index (χ2n) is 6.00. The van der Waals surface area contributed by atoms with Gasteiger partial charge in [0.25, 0.3) is 0 Å². The van der Waals surface area contributed by atoms with Crippen molar-refractivity contribution in [3.05, 3.63) is 10.9 Å². The summed E-state index contributed by atoms with van der Waals surface area (Å²) >= 11 is 1.72. The Morgan fingerprint density at radius 2 is 1.95 bits per heavy atom. The van der Waals surface area contributed by atoms with Crippen molar-refractivity contribution in [2.45, 2.75) is 41.0 Å². The van der Waals surface area contributed by atoms with Gasteiger partial charge in [-0.05, 0) is 31.2 Å². The molecule has 2 aromatic rings. The minimum absolute atomic E-state index is 0.613. The average Bonchev–Trinajstić information content (AvgIpc) is 2.82. The van der Waals surface area contributed by atoms with E-state index < -0.39 is 0 Å². The lowest BCUT2D eigenvalue weighted by atomic mass is 9.98. The topological polar surface area (TPSA) is 49.8 Å². The van der Waals surface area contributed by atoms with Crippen molar-refractivity contribution >= 4 is 33.3 Å². The SMILES string of the molecule is CCCNc1nc(NCC(C)C(C)C)c2cc(C)sc2n1. The molecule has 0 radical (unpaired) electrons. The molecule has 1 atom stereocenters. The fraction of sp³-hybridized carbons (Fsp3) is 0.625. The van der Waals surface area contributed by atoms with E-state index in [1.54, 1.807) is 11.3 Å². The standard InChI is InChI=1S/C16H26N4S/c1-6-7-17-16-19-14(18-9-11(4)10(2)3)13-8-12(5)21-15(13)20-16/h8,10-11H,6-7,9H2,1-5H3,(H2,17,18,19,20). The summed E-state index contributed by atoms with van der Waals surface area (Å²) in [6.07, 6.45) is 1.07. The molecule has 0 aliphatic carbocycles. The third-order valence-electron chi connectivity index (χ3n) is 3.78. The number of aromatic nitrogens is 2. The molecule has 21 heavy (non-hydrogen) atoms. The van der Waals surface area contributed by atoms with Crippen LogP contribution in [-0.2, 0) is 0 Å². The maximum atomic E-state index is 4.66. The van der Waals surface area contributed by atoms with E-state index in [4.69, 9.17) is 0 Å². The van der Waals surface area contributed by atoms with Crippen molar-refractivity contribution in [3.8, 4) is 0 Å². The van der Waals surface area contributed by atoms with Crippen molar-refractivity contribution < 1.29 is 0 Å². The third kappa shape index (κ3) is 4.06. The zero-order valence-corrected chi connectivity index (χ0v) is 14.5. The fourth-order valence-electron chi connectivity index (χ4n) is 1.99. The van der Waals surface area contributed by atoms with Gasteiger partial charge in [-0.1, -0.05) is 27.7 Å². The van der Waals surface area contributed by atoms with E-state index in [0.717, 1.165) is 41.5 Å². The van der Waals surface area contributed by atoms with Crippen LogP contribution in [0, 0.1) is 18.8 Å². The second-order valence-corrected chi connectivity index (χ2v) is 7.24. The Morgan fingerprint density at radius 1 is 1.19 bits per heavy atom. The highest BCUT2D eigenvalue weighted by atomic mass is 32.1. The summed E-state index contributed by atoms with van der Waals surface area (Å²) in [6.45, 7) is 12.9. The fourth-order valence-corrected chi connectivity index (χ4v) is 2.87. The van der Waals surface area contributed by atoms with Gasteiger partial charge in [-0.25, -0.2) is 4.98 Å². The first-order valence-corrected chi connectivity index (χ1v) is 8.58. The summed E-state index contributed by atoms with van der Waals surface area (Å²) in [4.78, 5) is 11.6. The van der Waals surface area contributed by atoms with Crippen LogP contribution in [0.2, 0.25) is 0 Å². The average molecular weight is 306 g/mol. The molecular formula is C16H26N4S. The monoisotopic (exact) mass is 306 g/mol. The lowest BCUT2D eigenvalue weighted by Crippen LogP contribution is -2.17. The maximum Gasteiger partial charge on any atom is 0.226 e. The first-order chi connectivity index (χ1) is 10.0. The van der Waals surface area contributed by atoms with Crippen LogP contribution in [0.5, 0.6) is 0 Å². The molecule has 2 aromatic heterocycles. The molecule has 0 aliphatic heterocycles. The molecule has 2 heterocycles. The first kappa shape index (κ1) is 16.0. The number of thiophene rings is 1. The Balaban J connectivity index is 2.26. The predicted octanol–water partition coefficient (Wildman–Crippen LogP) is 4.53. The second kappa shape index (κ2) is 7.07. The molecule has 0 amide bonds. The van der Waals surface area contributed by atoms with E-state index >= 15 is 0 Å². The molecule has 0 aliphatic rings. The molecule has 0 saturated heterocycles. The van der Waals surface area contributed by atoms with Crippen LogP contribution in [0.4, 0.5) is 11.8 Å². The molecule has 0 bridgehead atoms.